The van der Waals surface area contributed by atoms with Crippen molar-refractivity contribution < 1.29 is 0 Å². The highest BCUT2D eigenvalue weighted by molar-refractivity contribution is 7.07. The summed E-state index contributed by atoms with van der Waals surface area (Å²) < 4.78 is 1.92. The third-order valence-corrected chi connectivity index (χ3v) is 4.09. The standard InChI is InChI=1S/C16H17N3S/c1-17-16(11-13-8-10-20-12-13)15-7-9-19(18-15)14-5-3-2-4-6-14/h2-10,12,16-17H,11H2,1H3. The summed E-state index contributed by atoms with van der Waals surface area (Å²) in [5, 5.41) is 12.3. The van der Waals surface area contributed by atoms with E-state index in [-0.39, 0.29) is 6.04 Å². The van der Waals surface area contributed by atoms with Crippen LogP contribution in [-0.4, -0.2) is 16.8 Å². The number of rotatable bonds is 5. The van der Waals surface area contributed by atoms with Crippen LogP contribution in [0.2, 0.25) is 0 Å². The number of para-hydroxylation sites is 1. The van der Waals surface area contributed by atoms with Crippen LogP contribution in [0.25, 0.3) is 5.69 Å². The van der Waals surface area contributed by atoms with Crippen molar-refractivity contribution in [1.82, 2.24) is 15.1 Å². The normalized spacial score (nSPS) is 12.4. The van der Waals surface area contributed by atoms with Gasteiger partial charge >= 0.3 is 0 Å². The predicted octanol–water partition coefficient (Wildman–Crippen LogP) is 3.44. The largest absolute Gasteiger partial charge is 0.311 e. The molecule has 1 aromatic carbocycles. The first-order valence-electron chi connectivity index (χ1n) is 6.66. The number of nitrogens with zero attached hydrogens (tertiary/aromatic N) is 2. The van der Waals surface area contributed by atoms with Gasteiger partial charge in [-0.2, -0.15) is 16.4 Å². The van der Waals surface area contributed by atoms with Gasteiger partial charge in [-0.15, -0.1) is 0 Å². The van der Waals surface area contributed by atoms with E-state index in [0.717, 1.165) is 17.8 Å². The molecule has 0 aliphatic heterocycles. The molecule has 1 unspecified atom stereocenters. The van der Waals surface area contributed by atoms with Gasteiger partial charge in [0.1, 0.15) is 0 Å². The van der Waals surface area contributed by atoms with Crippen LogP contribution in [0.1, 0.15) is 17.3 Å². The highest BCUT2D eigenvalue weighted by Crippen LogP contribution is 2.19. The molecule has 0 saturated heterocycles. The fourth-order valence-corrected chi connectivity index (χ4v) is 2.93. The zero-order chi connectivity index (χ0) is 13.8. The molecule has 0 radical (unpaired) electrons. The molecule has 3 nitrogen and oxygen atoms in total. The van der Waals surface area contributed by atoms with Gasteiger partial charge in [-0.1, -0.05) is 18.2 Å². The van der Waals surface area contributed by atoms with Gasteiger partial charge in [0.05, 0.1) is 17.4 Å². The molecule has 1 N–H and O–H groups in total. The van der Waals surface area contributed by atoms with E-state index in [0.29, 0.717) is 0 Å². The van der Waals surface area contributed by atoms with Gasteiger partial charge < -0.3 is 5.32 Å². The lowest BCUT2D eigenvalue weighted by molar-refractivity contribution is 0.570. The van der Waals surface area contributed by atoms with Gasteiger partial charge in [0, 0.05) is 6.20 Å². The summed E-state index contributed by atoms with van der Waals surface area (Å²) in [5.41, 5.74) is 3.51. The van der Waals surface area contributed by atoms with E-state index in [1.165, 1.54) is 5.56 Å². The SMILES string of the molecule is CNC(Cc1ccsc1)c1ccn(-c2ccccc2)n1. The Morgan fingerprint density at radius 3 is 2.75 bits per heavy atom. The van der Waals surface area contributed by atoms with E-state index in [1.54, 1.807) is 11.3 Å². The number of benzene rings is 1. The minimum absolute atomic E-state index is 0.245. The highest BCUT2D eigenvalue weighted by atomic mass is 32.1. The number of aromatic nitrogens is 2. The van der Waals surface area contributed by atoms with E-state index in [2.05, 4.69) is 45.4 Å². The molecule has 0 amide bonds. The van der Waals surface area contributed by atoms with Crippen LogP contribution < -0.4 is 5.32 Å². The summed E-state index contributed by atoms with van der Waals surface area (Å²) in [7, 11) is 1.98. The summed E-state index contributed by atoms with van der Waals surface area (Å²) in [6, 6.07) is 14.7. The maximum Gasteiger partial charge on any atom is 0.0801 e. The smallest absolute Gasteiger partial charge is 0.0801 e. The third kappa shape index (κ3) is 2.81. The second-order valence-electron chi connectivity index (χ2n) is 4.70. The fourth-order valence-electron chi connectivity index (χ4n) is 2.25. The van der Waals surface area contributed by atoms with Crippen molar-refractivity contribution in [1.29, 1.82) is 0 Å². The van der Waals surface area contributed by atoms with E-state index >= 15 is 0 Å². The molecule has 0 bridgehead atoms. The van der Waals surface area contributed by atoms with E-state index < -0.39 is 0 Å². The summed E-state index contributed by atoms with van der Waals surface area (Å²) >= 11 is 1.74. The van der Waals surface area contributed by atoms with E-state index in [1.807, 2.05) is 36.1 Å². The molecule has 4 heteroatoms. The number of hydrogen-bond donors (Lipinski definition) is 1. The monoisotopic (exact) mass is 283 g/mol. The average molecular weight is 283 g/mol. The molecule has 0 fully saturated rings. The lowest BCUT2D eigenvalue weighted by Crippen LogP contribution is -2.19. The predicted molar refractivity (Wildman–Crippen MR) is 83.4 cm³/mol. The van der Waals surface area contributed by atoms with Gasteiger partial charge in [-0.05, 0) is 54.1 Å². The zero-order valence-corrected chi connectivity index (χ0v) is 12.2. The van der Waals surface area contributed by atoms with Crippen molar-refractivity contribution >= 4 is 11.3 Å². The van der Waals surface area contributed by atoms with Crippen LogP contribution in [0, 0.1) is 0 Å². The Morgan fingerprint density at radius 2 is 2.05 bits per heavy atom. The molecule has 2 heterocycles. The Balaban J connectivity index is 1.81. The van der Waals surface area contributed by atoms with Crippen LogP contribution in [0.4, 0.5) is 0 Å². The summed E-state index contributed by atoms with van der Waals surface area (Å²) in [4.78, 5) is 0. The molecule has 3 rings (SSSR count). The summed E-state index contributed by atoms with van der Waals surface area (Å²) in [5.74, 6) is 0. The van der Waals surface area contributed by atoms with Gasteiger partial charge in [0.15, 0.2) is 0 Å². The fraction of sp³-hybridized carbons (Fsp3) is 0.188. The van der Waals surface area contributed by atoms with Crippen LogP contribution in [0.15, 0.2) is 59.4 Å². The quantitative estimate of drug-likeness (QED) is 0.777. The molecule has 0 spiro atoms. The maximum absolute atomic E-state index is 4.69. The minimum atomic E-state index is 0.245. The Morgan fingerprint density at radius 1 is 1.20 bits per heavy atom. The van der Waals surface area contributed by atoms with Crippen LogP contribution in [0.5, 0.6) is 0 Å². The van der Waals surface area contributed by atoms with Crippen molar-refractivity contribution in [3.05, 3.63) is 70.7 Å². The summed E-state index contributed by atoms with van der Waals surface area (Å²) in [6.45, 7) is 0. The molecular weight excluding hydrogens is 266 g/mol. The van der Waals surface area contributed by atoms with Gasteiger partial charge in [-0.25, -0.2) is 4.68 Å². The number of hydrogen-bond acceptors (Lipinski definition) is 3. The summed E-state index contributed by atoms with van der Waals surface area (Å²) in [6.07, 6.45) is 2.98. The van der Waals surface area contributed by atoms with Crippen molar-refractivity contribution in [2.24, 2.45) is 0 Å². The van der Waals surface area contributed by atoms with Crippen molar-refractivity contribution in [3.63, 3.8) is 0 Å². The van der Waals surface area contributed by atoms with E-state index in [9.17, 15) is 0 Å². The zero-order valence-electron chi connectivity index (χ0n) is 11.4. The number of nitrogens with one attached hydrogen (secondary N) is 1. The first-order valence-corrected chi connectivity index (χ1v) is 7.60. The molecule has 3 aromatic rings. The lowest BCUT2D eigenvalue weighted by Gasteiger charge is -2.12. The van der Waals surface area contributed by atoms with Crippen LogP contribution in [-0.2, 0) is 6.42 Å². The Labute approximate surface area is 122 Å². The molecule has 0 saturated carbocycles. The maximum atomic E-state index is 4.69. The van der Waals surface area contributed by atoms with E-state index in [4.69, 9.17) is 0 Å². The second kappa shape index (κ2) is 6.03. The minimum Gasteiger partial charge on any atom is -0.311 e. The van der Waals surface area contributed by atoms with Crippen LogP contribution >= 0.6 is 11.3 Å². The molecule has 1 atom stereocenters. The van der Waals surface area contributed by atoms with Gasteiger partial charge in [0.25, 0.3) is 0 Å². The number of thiophene rings is 1. The topological polar surface area (TPSA) is 29.9 Å². The van der Waals surface area contributed by atoms with Gasteiger partial charge in [-0.3, -0.25) is 0 Å². The third-order valence-electron chi connectivity index (χ3n) is 3.36. The van der Waals surface area contributed by atoms with Crippen LogP contribution in [0.3, 0.4) is 0 Å². The molecule has 102 valence electrons. The molecule has 20 heavy (non-hydrogen) atoms. The average Bonchev–Trinajstić information content (AvgIpc) is 3.17. The first kappa shape index (κ1) is 13.1. The van der Waals surface area contributed by atoms with Gasteiger partial charge in [0.2, 0.25) is 0 Å². The molecule has 0 aliphatic rings. The Kier molecular flexibility index (Phi) is 3.95. The first-order chi connectivity index (χ1) is 9.86. The lowest BCUT2D eigenvalue weighted by atomic mass is 10.1. The van der Waals surface area contributed by atoms with Crippen molar-refractivity contribution in [2.45, 2.75) is 12.5 Å². The highest BCUT2D eigenvalue weighted by Gasteiger charge is 2.13. The number of likely N-dealkylation sites (N-methyl/N-ethyl adjacent to an activating group) is 1. The van der Waals surface area contributed by atoms with Crippen molar-refractivity contribution in [3.8, 4) is 5.69 Å². The molecular formula is C16H17N3S. The van der Waals surface area contributed by atoms with Crippen molar-refractivity contribution in [2.75, 3.05) is 7.05 Å². The second-order valence-corrected chi connectivity index (χ2v) is 5.48. The molecule has 2 aromatic heterocycles. The Hall–Kier alpha value is -1.91. The Bertz CT molecular complexity index is 643. The molecule has 0 aliphatic carbocycles.